The number of carbonyl (C=O) groups excluding carboxylic acids is 1. The molecule has 2 atom stereocenters. The van der Waals surface area contributed by atoms with Crippen molar-refractivity contribution >= 4 is 23.0 Å². The van der Waals surface area contributed by atoms with E-state index in [1.54, 1.807) is 6.07 Å². The Morgan fingerprint density at radius 2 is 2.06 bits per heavy atom. The van der Waals surface area contributed by atoms with Crippen LogP contribution in [0, 0.1) is 0 Å². The highest BCUT2D eigenvalue weighted by Gasteiger charge is 2.28. The topological polar surface area (TPSA) is 109 Å². The molecule has 0 spiro atoms. The highest BCUT2D eigenvalue weighted by molar-refractivity contribution is 5.95. The first kappa shape index (κ1) is 19.0. The van der Waals surface area contributed by atoms with Crippen LogP contribution in [-0.2, 0) is 6.42 Å². The van der Waals surface area contributed by atoms with Crippen LogP contribution in [0.1, 0.15) is 52.0 Å². The Morgan fingerprint density at radius 3 is 2.88 bits per heavy atom. The van der Waals surface area contributed by atoms with E-state index >= 15 is 0 Å². The van der Waals surface area contributed by atoms with Gasteiger partial charge in [0.25, 0.3) is 5.91 Å². The smallest absolute Gasteiger partial charge is 0.251 e. The maximum Gasteiger partial charge on any atom is 0.251 e. The summed E-state index contributed by atoms with van der Waals surface area (Å²) in [5.41, 5.74) is 6.30. The summed E-state index contributed by atoms with van der Waals surface area (Å²) in [5.74, 6) is 1.32. The molecule has 3 aliphatic rings. The molecular weight excluding hydrogens is 406 g/mol. The lowest BCUT2D eigenvalue weighted by atomic mass is 9.94. The number of fused-ring (bicyclic) bond motifs is 2. The summed E-state index contributed by atoms with van der Waals surface area (Å²) in [5, 5.41) is 18.4. The van der Waals surface area contributed by atoms with Gasteiger partial charge in [-0.05, 0) is 60.7 Å². The summed E-state index contributed by atoms with van der Waals surface area (Å²) in [6, 6.07) is 11.7. The second-order valence-corrected chi connectivity index (χ2v) is 8.71. The van der Waals surface area contributed by atoms with Gasteiger partial charge in [0.2, 0.25) is 5.88 Å². The minimum Gasteiger partial charge on any atom is -0.493 e. The van der Waals surface area contributed by atoms with Crippen LogP contribution in [0.4, 0.5) is 0 Å². The number of aromatic hydroxyl groups is 1. The van der Waals surface area contributed by atoms with Crippen LogP contribution in [0.25, 0.3) is 10.9 Å². The Labute approximate surface area is 184 Å². The molecule has 162 valence electrons. The Bertz CT molecular complexity index is 1250. The highest BCUT2D eigenvalue weighted by atomic mass is 16.5. The molecule has 1 aromatic heterocycles. The number of aromatic nitrogens is 2. The Morgan fingerprint density at radius 1 is 1.16 bits per heavy atom. The number of hydrazone groups is 1. The molecule has 3 aromatic rings. The molecule has 1 fully saturated rings. The van der Waals surface area contributed by atoms with E-state index in [0.717, 1.165) is 36.3 Å². The van der Waals surface area contributed by atoms with E-state index in [2.05, 4.69) is 20.8 Å². The lowest BCUT2D eigenvalue weighted by Crippen LogP contribution is -2.26. The molecule has 3 heterocycles. The quantitative estimate of drug-likeness (QED) is 0.588. The minimum absolute atomic E-state index is 0.0295. The third kappa shape index (κ3) is 3.51. The van der Waals surface area contributed by atoms with Crippen LogP contribution >= 0.6 is 0 Å². The molecule has 2 unspecified atom stereocenters. The molecule has 8 nitrogen and oxygen atoms in total. The molecule has 6 rings (SSSR count). The molecule has 0 saturated heterocycles. The van der Waals surface area contributed by atoms with Crippen molar-refractivity contribution in [3.05, 3.63) is 58.9 Å². The number of hydrogen-bond acceptors (Lipinski definition) is 7. The van der Waals surface area contributed by atoms with Gasteiger partial charge in [-0.3, -0.25) is 4.79 Å². The SMILES string of the molecule is O=C(NC1CC1)c1ccc2c(c1)CC(c1nc(O)c3cc(C4C=NNC4)ccc3n1)CO2. The largest absolute Gasteiger partial charge is 0.493 e. The van der Waals surface area contributed by atoms with Crippen LogP contribution < -0.4 is 15.5 Å². The van der Waals surface area contributed by atoms with Crippen molar-refractivity contribution in [3.63, 3.8) is 0 Å². The van der Waals surface area contributed by atoms with Crippen molar-refractivity contribution in [2.24, 2.45) is 5.10 Å². The summed E-state index contributed by atoms with van der Waals surface area (Å²) in [7, 11) is 0. The zero-order chi connectivity index (χ0) is 21.7. The summed E-state index contributed by atoms with van der Waals surface area (Å²) < 4.78 is 5.94. The normalized spacial score (nSPS) is 21.6. The molecule has 1 amide bonds. The van der Waals surface area contributed by atoms with Crippen molar-refractivity contribution in [1.82, 2.24) is 20.7 Å². The molecule has 8 heteroatoms. The summed E-state index contributed by atoms with van der Waals surface area (Å²) in [6.07, 6.45) is 4.62. The first-order valence-electron chi connectivity index (χ1n) is 11.0. The number of benzene rings is 2. The zero-order valence-electron chi connectivity index (χ0n) is 17.4. The van der Waals surface area contributed by atoms with E-state index < -0.39 is 0 Å². The van der Waals surface area contributed by atoms with Gasteiger partial charge in [-0.25, -0.2) is 4.98 Å². The third-order valence-electron chi connectivity index (χ3n) is 6.31. The lowest BCUT2D eigenvalue weighted by molar-refractivity contribution is 0.0951. The van der Waals surface area contributed by atoms with Crippen molar-refractivity contribution < 1.29 is 14.6 Å². The number of nitrogens with zero attached hydrogens (tertiary/aromatic N) is 3. The van der Waals surface area contributed by atoms with Gasteiger partial charge in [-0.2, -0.15) is 10.1 Å². The van der Waals surface area contributed by atoms with Gasteiger partial charge in [0.1, 0.15) is 11.6 Å². The van der Waals surface area contributed by atoms with Crippen LogP contribution in [0.2, 0.25) is 0 Å². The van der Waals surface area contributed by atoms with Gasteiger partial charge in [0.05, 0.1) is 23.4 Å². The number of hydrogen-bond donors (Lipinski definition) is 3. The maximum absolute atomic E-state index is 12.4. The average molecular weight is 429 g/mol. The molecular formula is C24H23N5O3. The van der Waals surface area contributed by atoms with E-state index in [1.807, 2.05) is 36.5 Å². The molecule has 2 aromatic carbocycles. The molecule has 1 aliphatic carbocycles. The fourth-order valence-electron chi connectivity index (χ4n) is 4.31. The van der Waals surface area contributed by atoms with Crippen molar-refractivity contribution in [2.45, 2.75) is 37.1 Å². The average Bonchev–Trinajstić information content (AvgIpc) is 3.46. The maximum atomic E-state index is 12.4. The molecule has 0 radical (unpaired) electrons. The van der Waals surface area contributed by atoms with E-state index in [9.17, 15) is 9.90 Å². The fourth-order valence-corrected chi connectivity index (χ4v) is 4.31. The minimum atomic E-state index is -0.106. The standard InChI is InChI=1S/C24H23N5O3/c30-23(27-18-3-4-18)14-2-6-21-15(7-14)8-16(12-32-21)22-28-20-5-1-13(17-10-25-26-11-17)9-19(20)24(31)29-22/h1-2,5-7,9-10,16-18,26H,3-4,8,11-12H2,(H,27,30)(H,28,29,31). The van der Waals surface area contributed by atoms with Crippen LogP contribution in [0.15, 0.2) is 41.5 Å². The van der Waals surface area contributed by atoms with Gasteiger partial charge in [-0.1, -0.05) is 6.07 Å². The van der Waals surface area contributed by atoms with Crippen LogP contribution in [0.5, 0.6) is 11.6 Å². The lowest BCUT2D eigenvalue weighted by Gasteiger charge is -2.25. The predicted octanol–water partition coefficient (Wildman–Crippen LogP) is 2.62. The first-order chi connectivity index (χ1) is 15.6. The third-order valence-corrected chi connectivity index (χ3v) is 6.31. The fraction of sp³-hybridized carbons (Fsp3) is 0.333. The number of amides is 1. The first-order valence-corrected chi connectivity index (χ1v) is 11.0. The highest BCUT2D eigenvalue weighted by Crippen LogP contribution is 2.34. The monoisotopic (exact) mass is 429 g/mol. The van der Waals surface area contributed by atoms with Gasteiger partial charge >= 0.3 is 0 Å². The van der Waals surface area contributed by atoms with Crippen molar-refractivity contribution in [3.8, 4) is 11.6 Å². The zero-order valence-corrected chi connectivity index (χ0v) is 17.4. The van der Waals surface area contributed by atoms with Crippen molar-refractivity contribution in [1.29, 1.82) is 0 Å². The van der Waals surface area contributed by atoms with Crippen molar-refractivity contribution in [2.75, 3.05) is 13.2 Å². The van der Waals surface area contributed by atoms with Gasteiger partial charge in [0, 0.05) is 30.3 Å². The van der Waals surface area contributed by atoms with E-state index in [1.165, 1.54) is 0 Å². The van der Waals surface area contributed by atoms with Gasteiger partial charge < -0.3 is 20.6 Å². The Hall–Kier alpha value is -3.68. The summed E-state index contributed by atoms with van der Waals surface area (Å²) in [4.78, 5) is 21.6. The van der Waals surface area contributed by atoms with Crippen LogP contribution in [-0.4, -0.2) is 46.4 Å². The molecule has 1 saturated carbocycles. The number of nitrogens with one attached hydrogen (secondary N) is 2. The molecule has 2 aliphatic heterocycles. The van der Waals surface area contributed by atoms with Gasteiger partial charge in [-0.15, -0.1) is 0 Å². The van der Waals surface area contributed by atoms with Crippen LogP contribution in [0.3, 0.4) is 0 Å². The molecule has 0 bridgehead atoms. The number of ether oxygens (including phenoxy) is 1. The van der Waals surface area contributed by atoms with Gasteiger partial charge in [0.15, 0.2) is 0 Å². The second kappa shape index (κ2) is 7.47. The predicted molar refractivity (Wildman–Crippen MR) is 119 cm³/mol. The number of rotatable bonds is 4. The number of carbonyl (C=O) groups is 1. The molecule has 3 N–H and O–H groups in total. The van der Waals surface area contributed by atoms with E-state index in [4.69, 9.17) is 9.72 Å². The summed E-state index contributed by atoms with van der Waals surface area (Å²) >= 11 is 0. The Kier molecular flexibility index (Phi) is 4.45. The van der Waals surface area contributed by atoms with E-state index in [0.29, 0.717) is 41.4 Å². The molecule has 32 heavy (non-hydrogen) atoms. The Balaban J connectivity index is 1.27. The second-order valence-electron chi connectivity index (χ2n) is 8.71. The van der Waals surface area contributed by atoms with E-state index in [-0.39, 0.29) is 23.6 Å². The summed E-state index contributed by atoms with van der Waals surface area (Å²) in [6.45, 7) is 1.17.